The third-order valence-electron chi connectivity index (χ3n) is 5.97. The van der Waals surface area contributed by atoms with Crippen LogP contribution in [0.15, 0.2) is 54.6 Å². The maximum absolute atomic E-state index is 12.1. The number of piperidine rings is 1. The van der Waals surface area contributed by atoms with Crippen LogP contribution in [0.1, 0.15) is 31.4 Å². The van der Waals surface area contributed by atoms with Crippen molar-refractivity contribution in [2.75, 3.05) is 33.9 Å². The van der Waals surface area contributed by atoms with Gasteiger partial charge in [-0.3, -0.25) is 5.21 Å². The Bertz CT molecular complexity index is 1070. The second-order valence-electron chi connectivity index (χ2n) is 8.09. The van der Waals surface area contributed by atoms with Crippen LogP contribution in [0.2, 0.25) is 0 Å². The quantitative estimate of drug-likeness (QED) is 0.440. The number of urea groups is 1. The largest absolute Gasteiger partial charge is 0.497 e. The van der Waals surface area contributed by atoms with Crippen molar-refractivity contribution in [1.29, 1.82) is 0 Å². The van der Waals surface area contributed by atoms with Crippen LogP contribution in [0.5, 0.6) is 11.5 Å². The zero-order valence-electron chi connectivity index (χ0n) is 19.3. The Morgan fingerprint density at radius 2 is 1.73 bits per heavy atom. The molecule has 4 rings (SSSR count). The summed E-state index contributed by atoms with van der Waals surface area (Å²) in [5.41, 5.74) is 3.98. The van der Waals surface area contributed by atoms with Crippen LogP contribution in [0, 0.1) is 0 Å². The van der Waals surface area contributed by atoms with Crippen LogP contribution in [0.4, 0.5) is 4.79 Å². The molecule has 1 N–H and O–H groups in total. The average Bonchev–Trinajstić information content (AvgIpc) is 3.30. The van der Waals surface area contributed by atoms with E-state index in [0.717, 1.165) is 47.0 Å². The molecule has 1 aromatic heterocycles. The summed E-state index contributed by atoms with van der Waals surface area (Å²) in [5.74, 6) is 1.86. The number of ether oxygens (including phenoxy) is 2. The number of hydrogen-bond donors (Lipinski definition) is 1. The smallest absolute Gasteiger partial charge is 0.343 e. The number of hydroxylamine groups is 2. The van der Waals surface area contributed by atoms with Gasteiger partial charge in [-0.1, -0.05) is 0 Å². The van der Waals surface area contributed by atoms with Crippen molar-refractivity contribution in [2.45, 2.75) is 25.7 Å². The molecule has 1 aliphatic rings. The van der Waals surface area contributed by atoms with E-state index in [1.807, 2.05) is 60.1 Å². The van der Waals surface area contributed by atoms with E-state index >= 15 is 0 Å². The molecule has 2 heterocycles. The molecule has 8 nitrogen and oxygen atoms in total. The minimum atomic E-state index is -0.368. The number of carbonyl (C=O) groups is 1. The van der Waals surface area contributed by atoms with Crippen LogP contribution in [-0.2, 0) is 0 Å². The van der Waals surface area contributed by atoms with Crippen molar-refractivity contribution in [3.8, 4) is 28.4 Å². The van der Waals surface area contributed by atoms with Gasteiger partial charge in [0.25, 0.3) is 0 Å². The van der Waals surface area contributed by atoms with Crippen molar-refractivity contribution in [1.82, 2.24) is 19.7 Å². The first-order chi connectivity index (χ1) is 16.0. The van der Waals surface area contributed by atoms with Crippen LogP contribution < -0.4 is 9.47 Å². The zero-order valence-corrected chi connectivity index (χ0v) is 19.3. The highest BCUT2D eigenvalue weighted by Gasteiger charge is 2.27. The van der Waals surface area contributed by atoms with Crippen molar-refractivity contribution < 1.29 is 19.5 Å². The minimum Gasteiger partial charge on any atom is -0.497 e. The summed E-state index contributed by atoms with van der Waals surface area (Å²) < 4.78 is 12.9. The molecule has 0 bridgehead atoms. The van der Waals surface area contributed by atoms with Gasteiger partial charge in [0.05, 0.1) is 30.8 Å². The number of benzene rings is 2. The van der Waals surface area contributed by atoms with Crippen molar-refractivity contribution in [3.05, 3.63) is 60.3 Å². The van der Waals surface area contributed by atoms with E-state index in [1.165, 1.54) is 7.05 Å². The summed E-state index contributed by atoms with van der Waals surface area (Å²) in [5, 5.41) is 15.1. The highest BCUT2D eigenvalue weighted by molar-refractivity contribution is 5.73. The summed E-state index contributed by atoms with van der Waals surface area (Å²) in [4.78, 5) is 13.7. The van der Waals surface area contributed by atoms with Gasteiger partial charge in [-0.25, -0.2) is 14.5 Å². The lowest BCUT2D eigenvalue weighted by molar-refractivity contribution is -0.0356. The molecule has 174 valence electrons. The highest BCUT2D eigenvalue weighted by atomic mass is 16.5. The van der Waals surface area contributed by atoms with Gasteiger partial charge < -0.3 is 14.4 Å². The fourth-order valence-corrected chi connectivity index (χ4v) is 4.18. The number of aromatic nitrogens is 2. The monoisotopic (exact) mass is 450 g/mol. The fourth-order valence-electron chi connectivity index (χ4n) is 4.18. The van der Waals surface area contributed by atoms with Crippen molar-refractivity contribution in [3.63, 3.8) is 0 Å². The second kappa shape index (κ2) is 9.95. The molecule has 0 saturated carbocycles. The highest BCUT2D eigenvalue weighted by Crippen LogP contribution is 2.33. The topological polar surface area (TPSA) is 80.1 Å². The van der Waals surface area contributed by atoms with E-state index in [0.29, 0.717) is 24.8 Å². The predicted octanol–water partition coefficient (Wildman–Crippen LogP) is 4.57. The first kappa shape index (κ1) is 22.7. The van der Waals surface area contributed by atoms with Crippen molar-refractivity contribution >= 4 is 6.03 Å². The number of hydrogen-bond acceptors (Lipinski definition) is 5. The molecular weight excluding hydrogens is 420 g/mol. The Morgan fingerprint density at radius 1 is 1.09 bits per heavy atom. The van der Waals surface area contributed by atoms with E-state index in [-0.39, 0.29) is 11.9 Å². The lowest BCUT2D eigenvalue weighted by atomic mass is 9.93. The molecule has 2 amide bonds. The number of carbonyl (C=O) groups excluding carboxylic acids is 1. The van der Waals surface area contributed by atoms with Gasteiger partial charge in [0.2, 0.25) is 0 Å². The third kappa shape index (κ3) is 4.96. The van der Waals surface area contributed by atoms with E-state index in [1.54, 1.807) is 12.0 Å². The number of amides is 2. The Labute approximate surface area is 193 Å². The first-order valence-corrected chi connectivity index (χ1v) is 11.2. The molecule has 33 heavy (non-hydrogen) atoms. The molecule has 1 fully saturated rings. The SMILES string of the molecule is CCOc1ccc(-n2nc(C3CCN(C(=O)N(C)O)CC3)cc2-c2ccc(OC)cc2)cc1. The van der Waals surface area contributed by atoms with E-state index in [2.05, 4.69) is 6.07 Å². The first-order valence-electron chi connectivity index (χ1n) is 11.2. The molecule has 8 heteroatoms. The molecule has 1 saturated heterocycles. The molecule has 0 aliphatic carbocycles. The van der Waals surface area contributed by atoms with Crippen LogP contribution in [0.25, 0.3) is 16.9 Å². The zero-order chi connectivity index (χ0) is 23.4. The molecule has 3 aromatic rings. The predicted molar refractivity (Wildman–Crippen MR) is 125 cm³/mol. The van der Waals surface area contributed by atoms with Gasteiger partial charge in [-0.2, -0.15) is 5.10 Å². The second-order valence-corrected chi connectivity index (χ2v) is 8.09. The number of methoxy groups -OCH3 is 1. The van der Waals surface area contributed by atoms with Gasteiger partial charge in [0.1, 0.15) is 11.5 Å². The van der Waals surface area contributed by atoms with Crippen LogP contribution in [-0.4, -0.2) is 64.8 Å². The normalized spacial score (nSPS) is 14.2. The lowest BCUT2D eigenvalue weighted by Gasteiger charge is -2.32. The Kier molecular flexibility index (Phi) is 6.84. The van der Waals surface area contributed by atoms with Crippen LogP contribution in [0.3, 0.4) is 0 Å². The van der Waals surface area contributed by atoms with E-state index in [4.69, 9.17) is 14.6 Å². The molecule has 0 atom stereocenters. The molecule has 2 aromatic carbocycles. The average molecular weight is 451 g/mol. The van der Waals surface area contributed by atoms with Gasteiger partial charge >= 0.3 is 6.03 Å². The van der Waals surface area contributed by atoms with Gasteiger partial charge in [0.15, 0.2) is 0 Å². The summed E-state index contributed by atoms with van der Waals surface area (Å²) in [6.45, 7) is 3.76. The lowest BCUT2D eigenvalue weighted by Crippen LogP contribution is -2.43. The maximum atomic E-state index is 12.1. The molecule has 0 unspecified atom stereocenters. The molecule has 1 aliphatic heterocycles. The van der Waals surface area contributed by atoms with E-state index in [9.17, 15) is 10.0 Å². The number of nitrogens with zero attached hydrogens (tertiary/aromatic N) is 4. The number of likely N-dealkylation sites (tertiary alicyclic amines) is 1. The summed E-state index contributed by atoms with van der Waals surface area (Å²) in [6.07, 6.45) is 1.59. The Morgan fingerprint density at radius 3 is 2.30 bits per heavy atom. The Hall–Kier alpha value is -3.52. The standard InChI is InChI=1S/C25H30N4O4/c1-4-33-22-11-7-20(8-12-22)29-24(19-5-9-21(32-3)10-6-19)17-23(26-29)18-13-15-28(16-14-18)25(30)27(2)31/h5-12,17-18,31H,4,13-16H2,1-3H3. The number of rotatable bonds is 6. The molecule has 0 spiro atoms. The maximum Gasteiger partial charge on any atom is 0.343 e. The van der Waals surface area contributed by atoms with Crippen molar-refractivity contribution in [2.24, 2.45) is 0 Å². The molecular formula is C25H30N4O4. The van der Waals surface area contributed by atoms with Gasteiger partial charge in [0, 0.05) is 31.6 Å². The minimum absolute atomic E-state index is 0.235. The summed E-state index contributed by atoms with van der Waals surface area (Å²) in [6, 6.07) is 17.6. The fraction of sp³-hybridized carbons (Fsp3) is 0.360. The third-order valence-corrected chi connectivity index (χ3v) is 5.97. The van der Waals surface area contributed by atoms with Gasteiger partial charge in [-0.05, 0) is 74.4 Å². The Balaban J connectivity index is 1.64. The van der Waals surface area contributed by atoms with Gasteiger partial charge in [-0.15, -0.1) is 0 Å². The summed E-state index contributed by atoms with van der Waals surface area (Å²) >= 11 is 0. The molecule has 0 radical (unpaired) electrons. The van der Waals surface area contributed by atoms with Crippen LogP contribution >= 0.6 is 0 Å². The summed E-state index contributed by atoms with van der Waals surface area (Å²) in [7, 11) is 3.01. The van der Waals surface area contributed by atoms with E-state index < -0.39 is 0 Å².